The molecule has 0 bridgehead atoms. The Kier molecular flexibility index (Phi) is 52.1. The lowest BCUT2D eigenvalue weighted by Gasteiger charge is -2.23. The van der Waals surface area contributed by atoms with E-state index in [1.807, 2.05) is 6.08 Å². The second kappa shape index (κ2) is 54.2. The van der Waals surface area contributed by atoms with Gasteiger partial charge in [-0.2, -0.15) is 0 Å². The van der Waals surface area contributed by atoms with Crippen molar-refractivity contribution in [2.24, 2.45) is 0 Å². The minimum atomic E-state index is -0.823. The number of allylic oxidation sites excluding steroid dienone is 11. The van der Waals surface area contributed by atoms with Crippen LogP contribution >= 0.6 is 0 Å². The topological polar surface area (TPSA) is 95.9 Å². The summed E-state index contributed by atoms with van der Waals surface area (Å²) in [4.78, 5) is 26.2. The van der Waals surface area contributed by atoms with Gasteiger partial charge in [-0.25, -0.2) is 0 Å². The standard InChI is InChI=1S/C61H109NO5/c1-4-7-10-13-16-19-22-25-28-30-31-33-36-39-42-45-48-51-54-61(66)67-57(52-49-46-43-40-37-34-27-24-21-18-15-12-9-6-3)55-60(65)62-58(56-63)59(64)53-50-47-44-41-38-35-32-29-26-23-20-17-14-11-8-5-2/h9,12,18,21,27,31,33-34,40,43,49,52,57-59,63-64H,4-8,10-11,13-17,19-20,22-26,28-30,32,35-39,41-42,44-48,50-51,53-56H2,1-3H3,(H,62,65)/b12-9+,21-18+,33-31+,34-27+,43-40+,52-49+. The van der Waals surface area contributed by atoms with Crippen molar-refractivity contribution in [1.82, 2.24) is 5.32 Å². The molecule has 0 saturated heterocycles. The molecule has 0 aromatic carbocycles. The van der Waals surface area contributed by atoms with Crippen LogP contribution in [0, 0.1) is 0 Å². The van der Waals surface area contributed by atoms with Gasteiger partial charge in [0, 0.05) is 6.42 Å². The summed E-state index contributed by atoms with van der Waals surface area (Å²) in [5, 5.41) is 23.8. The van der Waals surface area contributed by atoms with E-state index in [2.05, 4.69) is 86.8 Å². The first kappa shape index (κ1) is 64.3. The number of amides is 1. The Morgan fingerprint density at radius 2 is 0.836 bits per heavy atom. The van der Waals surface area contributed by atoms with Crippen LogP contribution in [0.1, 0.15) is 278 Å². The molecule has 0 fully saturated rings. The van der Waals surface area contributed by atoms with E-state index in [1.165, 1.54) is 154 Å². The molecule has 0 radical (unpaired) electrons. The summed E-state index contributed by atoms with van der Waals surface area (Å²) in [5.41, 5.74) is 0. The maximum absolute atomic E-state index is 13.2. The number of ether oxygens (including phenoxy) is 1. The highest BCUT2D eigenvalue weighted by Gasteiger charge is 2.23. The summed E-state index contributed by atoms with van der Waals surface area (Å²) >= 11 is 0. The van der Waals surface area contributed by atoms with Crippen molar-refractivity contribution in [3.63, 3.8) is 0 Å². The van der Waals surface area contributed by atoms with Crippen LogP contribution in [-0.4, -0.2) is 46.9 Å². The van der Waals surface area contributed by atoms with Crippen LogP contribution in [0.5, 0.6) is 0 Å². The SMILES string of the molecule is CC/C=C/C/C=C/C/C=C/C/C=C/C/C=C/C(CC(=O)NC(CO)C(O)CCCCCCCCCCCCCCCCCC)OC(=O)CCCCCCC/C=C/CCCCCCCCCCC. The van der Waals surface area contributed by atoms with Crippen LogP contribution in [0.2, 0.25) is 0 Å². The number of unbranched alkanes of at least 4 members (excludes halogenated alkanes) is 29. The highest BCUT2D eigenvalue weighted by atomic mass is 16.5. The Morgan fingerprint density at radius 3 is 1.25 bits per heavy atom. The third-order valence-electron chi connectivity index (χ3n) is 12.8. The zero-order valence-corrected chi connectivity index (χ0v) is 44.3. The Labute approximate surface area is 415 Å². The fraction of sp³-hybridized carbons (Fsp3) is 0.770. The van der Waals surface area contributed by atoms with Crippen molar-refractivity contribution in [3.8, 4) is 0 Å². The predicted molar refractivity (Wildman–Crippen MR) is 291 cm³/mol. The summed E-state index contributed by atoms with van der Waals surface area (Å²) < 4.78 is 5.84. The van der Waals surface area contributed by atoms with Gasteiger partial charge in [-0.3, -0.25) is 9.59 Å². The minimum Gasteiger partial charge on any atom is -0.458 e. The zero-order valence-electron chi connectivity index (χ0n) is 44.3. The second-order valence-corrected chi connectivity index (χ2v) is 19.3. The van der Waals surface area contributed by atoms with E-state index >= 15 is 0 Å². The van der Waals surface area contributed by atoms with E-state index in [0.29, 0.717) is 19.3 Å². The molecule has 0 aliphatic heterocycles. The maximum atomic E-state index is 13.2. The Hall–Kier alpha value is -2.70. The lowest BCUT2D eigenvalue weighted by molar-refractivity contribution is -0.148. The van der Waals surface area contributed by atoms with E-state index in [-0.39, 0.29) is 24.9 Å². The van der Waals surface area contributed by atoms with Gasteiger partial charge in [0.15, 0.2) is 0 Å². The number of hydrogen-bond donors (Lipinski definition) is 3. The van der Waals surface area contributed by atoms with Crippen LogP contribution in [0.15, 0.2) is 72.9 Å². The van der Waals surface area contributed by atoms with E-state index in [4.69, 9.17) is 4.74 Å². The molecule has 1 amide bonds. The molecule has 3 atom stereocenters. The van der Waals surface area contributed by atoms with Crippen molar-refractivity contribution in [2.75, 3.05) is 6.61 Å². The number of rotatable bonds is 51. The van der Waals surface area contributed by atoms with Gasteiger partial charge in [0.05, 0.1) is 25.2 Å². The van der Waals surface area contributed by atoms with Crippen LogP contribution in [0.3, 0.4) is 0 Å². The van der Waals surface area contributed by atoms with Crippen molar-refractivity contribution < 1.29 is 24.5 Å². The molecule has 67 heavy (non-hydrogen) atoms. The fourth-order valence-corrected chi connectivity index (χ4v) is 8.45. The molecule has 0 heterocycles. The molecule has 0 aromatic heterocycles. The van der Waals surface area contributed by atoms with E-state index < -0.39 is 18.2 Å². The van der Waals surface area contributed by atoms with Crippen LogP contribution in [-0.2, 0) is 14.3 Å². The summed E-state index contributed by atoms with van der Waals surface area (Å²) in [6.07, 6.45) is 70.0. The number of aliphatic hydroxyl groups is 2. The smallest absolute Gasteiger partial charge is 0.306 e. The minimum absolute atomic E-state index is 0.0502. The second-order valence-electron chi connectivity index (χ2n) is 19.3. The first-order valence-corrected chi connectivity index (χ1v) is 28.7. The van der Waals surface area contributed by atoms with Crippen LogP contribution in [0.4, 0.5) is 0 Å². The van der Waals surface area contributed by atoms with Crippen molar-refractivity contribution in [1.29, 1.82) is 0 Å². The first-order valence-electron chi connectivity index (χ1n) is 28.7. The maximum Gasteiger partial charge on any atom is 0.306 e. The van der Waals surface area contributed by atoms with Crippen molar-refractivity contribution in [3.05, 3.63) is 72.9 Å². The summed E-state index contributed by atoms with van der Waals surface area (Å²) in [5.74, 6) is -0.633. The van der Waals surface area contributed by atoms with E-state index in [9.17, 15) is 19.8 Å². The van der Waals surface area contributed by atoms with Gasteiger partial charge in [0.2, 0.25) is 5.91 Å². The molecule has 0 aliphatic carbocycles. The van der Waals surface area contributed by atoms with Gasteiger partial charge in [0.25, 0.3) is 0 Å². The molecule has 0 spiro atoms. The summed E-state index contributed by atoms with van der Waals surface area (Å²) in [6, 6.07) is -0.747. The molecule has 0 aliphatic rings. The van der Waals surface area contributed by atoms with Gasteiger partial charge in [-0.05, 0) is 76.7 Å². The van der Waals surface area contributed by atoms with Gasteiger partial charge < -0.3 is 20.3 Å². The highest BCUT2D eigenvalue weighted by molar-refractivity contribution is 5.78. The molecule has 6 nitrogen and oxygen atoms in total. The average molecular weight is 937 g/mol. The van der Waals surface area contributed by atoms with Crippen molar-refractivity contribution >= 4 is 11.9 Å². The first-order chi connectivity index (χ1) is 33.0. The number of aliphatic hydroxyl groups excluding tert-OH is 2. The Balaban J connectivity index is 4.65. The molecular weight excluding hydrogens is 827 g/mol. The highest BCUT2D eigenvalue weighted by Crippen LogP contribution is 2.17. The van der Waals surface area contributed by atoms with Crippen molar-refractivity contribution in [2.45, 2.75) is 296 Å². The molecule has 6 heteroatoms. The van der Waals surface area contributed by atoms with Gasteiger partial charge >= 0.3 is 5.97 Å². The summed E-state index contributed by atoms with van der Waals surface area (Å²) in [6.45, 7) is 6.35. The largest absolute Gasteiger partial charge is 0.458 e. The lowest BCUT2D eigenvalue weighted by atomic mass is 10.0. The van der Waals surface area contributed by atoms with E-state index in [1.54, 1.807) is 6.08 Å². The zero-order chi connectivity index (χ0) is 48.8. The number of hydrogen-bond acceptors (Lipinski definition) is 5. The number of carbonyl (C=O) groups excluding carboxylic acids is 2. The Bertz CT molecular complexity index is 1230. The molecule has 3 unspecified atom stereocenters. The van der Waals surface area contributed by atoms with Crippen LogP contribution in [0.25, 0.3) is 0 Å². The quantitative estimate of drug-likeness (QED) is 0.0321. The molecular formula is C61H109NO5. The number of esters is 1. The Morgan fingerprint density at radius 1 is 0.463 bits per heavy atom. The third kappa shape index (κ3) is 49.5. The fourth-order valence-electron chi connectivity index (χ4n) is 8.45. The predicted octanol–water partition coefficient (Wildman–Crippen LogP) is 17.7. The van der Waals surface area contributed by atoms with Gasteiger partial charge in [0.1, 0.15) is 6.10 Å². The molecule has 0 saturated carbocycles. The monoisotopic (exact) mass is 936 g/mol. The third-order valence-corrected chi connectivity index (χ3v) is 12.8. The number of nitrogens with one attached hydrogen (secondary N) is 1. The molecule has 0 rings (SSSR count). The molecule has 388 valence electrons. The summed E-state index contributed by atoms with van der Waals surface area (Å²) in [7, 11) is 0. The molecule has 3 N–H and O–H groups in total. The number of carbonyl (C=O) groups is 2. The average Bonchev–Trinajstić information content (AvgIpc) is 3.32. The van der Waals surface area contributed by atoms with Gasteiger partial charge in [-0.15, -0.1) is 0 Å². The van der Waals surface area contributed by atoms with Gasteiger partial charge in [-0.1, -0.05) is 261 Å². The van der Waals surface area contributed by atoms with Crippen LogP contribution < -0.4 is 5.32 Å². The van der Waals surface area contributed by atoms with E-state index in [0.717, 1.165) is 77.0 Å². The molecule has 0 aromatic rings. The normalized spacial score (nSPS) is 13.7. The lowest BCUT2D eigenvalue weighted by Crippen LogP contribution is -2.46.